The summed E-state index contributed by atoms with van der Waals surface area (Å²) in [4.78, 5) is 32.4. The molecule has 0 radical (unpaired) electrons. The SMILES string of the molecule is COC(=O)CCC(=O)c1cccc(F)c1.NN.O=C(O)CCCc1cccc(F)c1. The second-order valence-corrected chi connectivity index (χ2v) is 5.89. The number of hydrogen-bond donors (Lipinski definition) is 3. The van der Waals surface area contributed by atoms with E-state index in [1.807, 2.05) is 0 Å². The molecule has 0 heterocycles. The maximum atomic E-state index is 12.7. The summed E-state index contributed by atoms with van der Waals surface area (Å²) < 4.78 is 29.8. The number of Topliss-reactive ketones (excluding diaryl/α,β-unsaturated/α-hetero) is 1. The highest BCUT2D eigenvalue weighted by molar-refractivity contribution is 5.97. The lowest BCUT2D eigenvalue weighted by Gasteiger charge is -2.00. The first kappa shape index (κ1) is 26.8. The number of carboxylic acid groups (broad SMARTS) is 1. The average molecular weight is 424 g/mol. The number of carbonyl (C=O) groups excluding carboxylic acids is 2. The standard InChI is InChI=1S/C11H11FO3.C10H11FO2.H4N2/c1-15-11(14)6-5-10(13)8-3-2-4-9(12)7-8;11-9-5-1-3-8(7-9)4-2-6-10(12)13;1-2/h2-4,7H,5-6H2,1H3;1,3,5,7H,2,4,6H2,(H,12,13);1-2H2. The van der Waals surface area contributed by atoms with Gasteiger partial charge in [-0.2, -0.15) is 0 Å². The van der Waals surface area contributed by atoms with Crippen LogP contribution in [0.1, 0.15) is 41.6 Å². The van der Waals surface area contributed by atoms with Crippen molar-refractivity contribution in [2.45, 2.75) is 32.1 Å². The smallest absolute Gasteiger partial charge is 0.305 e. The Labute approximate surface area is 173 Å². The Morgan fingerprint density at radius 1 is 0.933 bits per heavy atom. The van der Waals surface area contributed by atoms with Crippen molar-refractivity contribution in [3.05, 3.63) is 71.3 Å². The lowest BCUT2D eigenvalue weighted by Crippen LogP contribution is -2.06. The first-order valence-corrected chi connectivity index (χ1v) is 8.97. The molecule has 0 atom stereocenters. The summed E-state index contributed by atoms with van der Waals surface area (Å²) in [5.74, 6) is 5.75. The first-order valence-electron chi connectivity index (χ1n) is 8.97. The van der Waals surface area contributed by atoms with Gasteiger partial charge in [-0.05, 0) is 42.7 Å². The molecule has 0 aliphatic carbocycles. The van der Waals surface area contributed by atoms with Crippen LogP contribution in [0.25, 0.3) is 0 Å². The zero-order valence-electron chi connectivity index (χ0n) is 16.6. The van der Waals surface area contributed by atoms with E-state index in [0.29, 0.717) is 12.8 Å². The van der Waals surface area contributed by atoms with Crippen LogP contribution in [0.15, 0.2) is 48.5 Å². The van der Waals surface area contributed by atoms with Gasteiger partial charge in [0.1, 0.15) is 11.6 Å². The fourth-order valence-corrected chi connectivity index (χ4v) is 2.26. The van der Waals surface area contributed by atoms with Gasteiger partial charge in [0.05, 0.1) is 13.5 Å². The van der Waals surface area contributed by atoms with Gasteiger partial charge < -0.3 is 9.84 Å². The van der Waals surface area contributed by atoms with Crippen molar-refractivity contribution < 1.29 is 33.0 Å². The molecule has 0 saturated heterocycles. The Bertz CT molecular complexity index is 815. The molecule has 0 fully saturated rings. The largest absolute Gasteiger partial charge is 0.481 e. The topological polar surface area (TPSA) is 133 Å². The van der Waals surface area contributed by atoms with Crippen molar-refractivity contribution >= 4 is 17.7 Å². The number of hydrazine groups is 1. The molecule has 2 rings (SSSR count). The molecule has 7 nitrogen and oxygen atoms in total. The fraction of sp³-hybridized carbons (Fsp3) is 0.286. The van der Waals surface area contributed by atoms with Crippen LogP contribution in [0.5, 0.6) is 0 Å². The molecule has 2 aromatic rings. The van der Waals surface area contributed by atoms with Gasteiger partial charge in [-0.3, -0.25) is 26.1 Å². The Balaban J connectivity index is 0.000000522. The zero-order chi connectivity index (χ0) is 22.9. The van der Waals surface area contributed by atoms with Crippen molar-refractivity contribution in [1.29, 1.82) is 0 Å². The molecular formula is C21H26F2N2O5. The minimum Gasteiger partial charge on any atom is -0.481 e. The molecule has 5 N–H and O–H groups in total. The van der Waals surface area contributed by atoms with Crippen molar-refractivity contribution in [1.82, 2.24) is 0 Å². The second-order valence-electron chi connectivity index (χ2n) is 5.89. The highest BCUT2D eigenvalue weighted by Crippen LogP contribution is 2.08. The van der Waals surface area contributed by atoms with E-state index in [-0.39, 0.29) is 36.4 Å². The van der Waals surface area contributed by atoms with E-state index in [1.165, 1.54) is 37.4 Å². The number of halogens is 2. The summed E-state index contributed by atoms with van der Waals surface area (Å²) in [6, 6.07) is 11.6. The fourth-order valence-electron chi connectivity index (χ4n) is 2.26. The molecule has 0 aromatic heterocycles. The molecule has 0 saturated carbocycles. The summed E-state index contributed by atoms with van der Waals surface area (Å²) in [5.41, 5.74) is 1.13. The number of methoxy groups -OCH3 is 1. The van der Waals surface area contributed by atoms with Gasteiger partial charge in [-0.1, -0.05) is 24.3 Å². The minimum absolute atomic E-state index is 0.0197. The molecular weight excluding hydrogens is 398 g/mol. The number of benzene rings is 2. The third-order valence-corrected chi connectivity index (χ3v) is 3.68. The van der Waals surface area contributed by atoms with Gasteiger partial charge in [0.25, 0.3) is 0 Å². The second kappa shape index (κ2) is 15.7. The Morgan fingerprint density at radius 3 is 2.07 bits per heavy atom. The van der Waals surface area contributed by atoms with Crippen molar-refractivity contribution in [2.24, 2.45) is 11.7 Å². The number of aryl methyl sites for hydroxylation is 1. The van der Waals surface area contributed by atoms with Crippen LogP contribution in [0.3, 0.4) is 0 Å². The van der Waals surface area contributed by atoms with E-state index >= 15 is 0 Å². The molecule has 0 aliphatic rings. The number of carboxylic acids is 1. The number of carbonyl (C=O) groups is 3. The predicted octanol–water partition coefficient (Wildman–Crippen LogP) is 3.01. The Kier molecular flexibility index (Phi) is 14.1. The van der Waals surface area contributed by atoms with Gasteiger partial charge in [0, 0.05) is 18.4 Å². The molecule has 0 amide bonds. The quantitative estimate of drug-likeness (QED) is 0.257. The molecule has 0 spiro atoms. The first-order chi connectivity index (χ1) is 14.3. The summed E-state index contributed by atoms with van der Waals surface area (Å²) >= 11 is 0. The van der Waals surface area contributed by atoms with Crippen LogP contribution in [0.2, 0.25) is 0 Å². The Hall–Kier alpha value is -3.17. The summed E-state index contributed by atoms with van der Waals surface area (Å²) in [7, 11) is 1.26. The number of hydrogen-bond acceptors (Lipinski definition) is 6. The van der Waals surface area contributed by atoms with Crippen molar-refractivity contribution in [3.8, 4) is 0 Å². The van der Waals surface area contributed by atoms with Crippen LogP contribution in [-0.4, -0.2) is 29.9 Å². The highest BCUT2D eigenvalue weighted by Gasteiger charge is 2.09. The van der Waals surface area contributed by atoms with Gasteiger partial charge in [-0.25, -0.2) is 8.78 Å². The lowest BCUT2D eigenvalue weighted by molar-refractivity contribution is -0.140. The summed E-state index contributed by atoms with van der Waals surface area (Å²) in [5, 5.41) is 8.37. The van der Waals surface area contributed by atoms with Crippen LogP contribution in [0, 0.1) is 11.6 Å². The van der Waals surface area contributed by atoms with E-state index < -0.39 is 17.8 Å². The van der Waals surface area contributed by atoms with E-state index in [9.17, 15) is 23.2 Å². The number of nitrogens with two attached hydrogens (primary N) is 2. The molecule has 164 valence electrons. The third kappa shape index (κ3) is 12.3. The van der Waals surface area contributed by atoms with Crippen LogP contribution >= 0.6 is 0 Å². The summed E-state index contributed by atoms with van der Waals surface area (Å²) in [6.07, 6.45) is 1.36. The van der Waals surface area contributed by atoms with Gasteiger partial charge in [0.2, 0.25) is 0 Å². The number of esters is 1. The Morgan fingerprint density at radius 2 is 1.53 bits per heavy atom. The normalized spacial score (nSPS) is 9.37. The summed E-state index contributed by atoms with van der Waals surface area (Å²) in [6.45, 7) is 0. The average Bonchev–Trinajstić information content (AvgIpc) is 2.73. The van der Waals surface area contributed by atoms with Gasteiger partial charge in [-0.15, -0.1) is 0 Å². The molecule has 0 unspecified atom stereocenters. The van der Waals surface area contributed by atoms with Crippen LogP contribution < -0.4 is 11.7 Å². The van der Waals surface area contributed by atoms with Gasteiger partial charge >= 0.3 is 11.9 Å². The lowest BCUT2D eigenvalue weighted by atomic mass is 10.1. The monoisotopic (exact) mass is 424 g/mol. The molecule has 30 heavy (non-hydrogen) atoms. The maximum Gasteiger partial charge on any atom is 0.305 e. The molecule has 2 aromatic carbocycles. The predicted molar refractivity (Wildman–Crippen MR) is 107 cm³/mol. The van der Waals surface area contributed by atoms with E-state index in [2.05, 4.69) is 16.4 Å². The third-order valence-electron chi connectivity index (χ3n) is 3.68. The van der Waals surface area contributed by atoms with Gasteiger partial charge in [0.15, 0.2) is 5.78 Å². The number of ketones is 1. The van der Waals surface area contributed by atoms with Crippen LogP contribution in [-0.2, 0) is 20.7 Å². The zero-order valence-corrected chi connectivity index (χ0v) is 16.6. The van der Waals surface area contributed by atoms with Crippen molar-refractivity contribution in [2.75, 3.05) is 7.11 Å². The van der Waals surface area contributed by atoms with E-state index in [0.717, 1.165) is 11.6 Å². The van der Waals surface area contributed by atoms with Crippen LogP contribution in [0.4, 0.5) is 8.78 Å². The minimum atomic E-state index is -0.809. The molecule has 9 heteroatoms. The van der Waals surface area contributed by atoms with E-state index in [4.69, 9.17) is 5.11 Å². The maximum absolute atomic E-state index is 12.7. The molecule has 0 aliphatic heterocycles. The number of ether oxygens (including phenoxy) is 1. The highest BCUT2D eigenvalue weighted by atomic mass is 19.1. The van der Waals surface area contributed by atoms with E-state index in [1.54, 1.807) is 12.1 Å². The number of rotatable bonds is 8. The number of aliphatic carboxylic acids is 1. The molecule has 0 bridgehead atoms. The van der Waals surface area contributed by atoms with Crippen molar-refractivity contribution in [3.63, 3.8) is 0 Å².